The first-order valence-corrected chi connectivity index (χ1v) is 9.62. The van der Waals surface area contributed by atoms with E-state index in [2.05, 4.69) is 6.92 Å². The van der Waals surface area contributed by atoms with E-state index in [1.54, 1.807) is 26.8 Å². The first-order valence-electron chi connectivity index (χ1n) is 9.62. The molecule has 0 amide bonds. The third kappa shape index (κ3) is 2.60. The third-order valence-corrected chi connectivity index (χ3v) is 7.27. The van der Waals surface area contributed by atoms with Crippen molar-refractivity contribution in [3.8, 4) is 0 Å². The van der Waals surface area contributed by atoms with Gasteiger partial charge >= 0.3 is 11.9 Å². The van der Waals surface area contributed by atoms with Crippen molar-refractivity contribution in [2.75, 3.05) is 7.11 Å². The van der Waals surface area contributed by atoms with Crippen LogP contribution >= 0.6 is 0 Å². The number of esters is 2. The van der Waals surface area contributed by atoms with Crippen LogP contribution in [0.4, 0.5) is 0 Å². The van der Waals surface area contributed by atoms with Gasteiger partial charge in [-0.3, -0.25) is 0 Å². The predicted molar refractivity (Wildman–Crippen MR) is 98.5 cm³/mol. The van der Waals surface area contributed by atoms with Crippen LogP contribution in [0.1, 0.15) is 60.3 Å². The van der Waals surface area contributed by atoms with Gasteiger partial charge in [-0.15, -0.1) is 0 Å². The molecule has 2 saturated carbocycles. The van der Waals surface area contributed by atoms with Gasteiger partial charge in [-0.05, 0) is 39.5 Å². The smallest absolute Gasteiger partial charge is 0.336 e. The molecule has 150 valence electrons. The fourth-order valence-corrected chi connectivity index (χ4v) is 5.12. The third-order valence-electron chi connectivity index (χ3n) is 7.27. The van der Waals surface area contributed by atoms with Crippen molar-refractivity contribution < 1.29 is 28.9 Å². The highest BCUT2D eigenvalue weighted by Crippen LogP contribution is 2.63. The van der Waals surface area contributed by atoms with E-state index in [0.717, 1.165) is 12.8 Å². The summed E-state index contributed by atoms with van der Waals surface area (Å²) in [6.45, 7) is 9.16. The van der Waals surface area contributed by atoms with Crippen molar-refractivity contribution in [1.29, 1.82) is 0 Å². The zero-order chi connectivity index (χ0) is 20.2. The average Bonchev–Trinajstić information content (AvgIpc) is 2.87. The molecule has 27 heavy (non-hydrogen) atoms. The molecule has 5 atom stereocenters. The minimum Gasteiger partial charge on any atom is -0.453 e. The average molecular weight is 378 g/mol. The number of carbonyl (C=O) groups is 2. The monoisotopic (exact) mass is 378 g/mol. The number of hydrogen-bond acceptors (Lipinski definition) is 6. The Hall–Kier alpha value is -1.66. The molecule has 1 heterocycles. The molecule has 0 aromatic rings. The fraction of sp³-hybridized carbons (Fsp3) is 0.714. The Morgan fingerprint density at radius 1 is 1.41 bits per heavy atom. The Balaban J connectivity index is 2.21. The van der Waals surface area contributed by atoms with Gasteiger partial charge in [0.2, 0.25) is 5.79 Å². The van der Waals surface area contributed by atoms with Crippen LogP contribution in [0.15, 0.2) is 22.8 Å². The second-order valence-corrected chi connectivity index (χ2v) is 8.43. The van der Waals surface area contributed by atoms with Gasteiger partial charge in [0.25, 0.3) is 0 Å². The summed E-state index contributed by atoms with van der Waals surface area (Å²) in [7, 11) is 1.46. The van der Waals surface area contributed by atoms with Crippen LogP contribution in [0.5, 0.6) is 0 Å². The molecule has 3 aliphatic rings. The van der Waals surface area contributed by atoms with Gasteiger partial charge in [0, 0.05) is 30.1 Å². The largest absolute Gasteiger partial charge is 0.453 e. The van der Waals surface area contributed by atoms with Gasteiger partial charge in [-0.2, -0.15) is 0 Å². The maximum Gasteiger partial charge on any atom is 0.336 e. The van der Waals surface area contributed by atoms with E-state index in [1.165, 1.54) is 7.11 Å². The van der Waals surface area contributed by atoms with Gasteiger partial charge in [0.05, 0.1) is 11.2 Å². The minimum absolute atomic E-state index is 0.0887. The molecule has 2 aliphatic carbocycles. The number of fused-ring (bicyclic) bond motifs is 2. The van der Waals surface area contributed by atoms with E-state index < -0.39 is 34.8 Å². The molecule has 2 fully saturated rings. The van der Waals surface area contributed by atoms with Gasteiger partial charge < -0.3 is 19.3 Å². The molecule has 0 aromatic carbocycles. The second-order valence-electron chi connectivity index (χ2n) is 8.43. The van der Waals surface area contributed by atoms with Crippen molar-refractivity contribution in [3.63, 3.8) is 0 Å². The van der Waals surface area contributed by atoms with Crippen LogP contribution in [0.25, 0.3) is 0 Å². The highest BCUT2D eigenvalue weighted by atomic mass is 16.7. The van der Waals surface area contributed by atoms with E-state index in [1.807, 2.05) is 6.92 Å². The predicted octanol–water partition coefficient (Wildman–Crippen LogP) is 3.04. The molecule has 0 spiro atoms. The molecule has 0 bridgehead atoms. The SMILES string of the molecule is C/C=C(/C)C(=O)O[C@@H]1C2=C(C)C(=O)O[C@@]2(OC)C[C@@]2(O)CCC[C@H](C)[C@@]12C. The maximum absolute atomic E-state index is 12.7. The van der Waals surface area contributed by atoms with E-state index in [0.29, 0.717) is 23.1 Å². The Labute approximate surface area is 160 Å². The van der Waals surface area contributed by atoms with E-state index >= 15 is 0 Å². The molecule has 0 aromatic heterocycles. The Morgan fingerprint density at radius 2 is 2.07 bits per heavy atom. The lowest BCUT2D eigenvalue weighted by Gasteiger charge is -2.61. The highest BCUT2D eigenvalue weighted by molar-refractivity contribution is 5.93. The van der Waals surface area contributed by atoms with Gasteiger partial charge in [0.1, 0.15) is 6.10 Å². The van der Waals surface area contributed by atoms with Gasteiger partial charge in [0.15, 0.2) is 0 Å². The van der Waals surface area contributed by atoms with Crippen LogP contribution < -0.4 is 0 Å². The van der Waals surface area contributed by atoms with Crippen LogP contribution in [0.2, 0.25) is 0 Å². The number of allylic oxidation sites excluding steroid dienone is 1. The summed E-state index contributed by atoms with van der Waals surface area (Å²) in [5, 5.41) is 11.7. The lowest BCUT2D eigenvalue weighted by molar-refractivity contribution is -0.281. The summed E-state index contributed by atoms with van der Waals surface area (Å²) in [6.07, 6.45) is 3.33. The van der Waals surface area contributed by atoms with E-state index in [-0.39, 0.29) is 12.3 Å². The molecule has 1 aliphatic heterocycles. The molecule has 3 rings (SSSR count). The molecule has 0 unspecified atom stereocenters. The zero-order valence-corrected chi connectivity index (χ0v) is 17.0. The summed E-state index contributed by atoms with van der Waals surface area (Å²) in [5.41, 5.74) is -0.518. The first-order chi connectivity index (χ1) is 12.6. The topological polar surface area (TPSA) is 82.1 Å². The maximum atomic E-state index is 12.7. The number of methoxy groups -OCH3 is 1. The quantitative estimate of drug-likeness (QED) is 0.600. The van der Waals surface area contributed by atoms with Crippen molar-refractivity contribution in [2.45, 2.75) is 77.8 Å². The van der Waals surface area contributed by atoms with E-state index in [4.69, 9.17) is 14.2 Å². The number of ether oxygens (including phenoxy) is 3. The van der Waals surface area contributed by atoms with Crippen LogP contribution in [-0.2, 0) is 23.8 Å². The molecule has 0 radical (unpaired) electrons. The normalized spacial score (nSPS) is 41.7. The molecular formula is C21H30O6. The Morgan fingerprint density at radius 3 is 2.67 bits per heavy atom. The Kier molecular flexibility index (Phi) is 4.80. The van der Waals surface area contributed by atoms with E-state index in [9.17, 15) is 14.7 Å². The van der Waals surface area contributed by atoms with Gasteiger partial charge in [-0.25, -0.2) is 9.59 Å². The Bertz CT molecular complexity index is 737. The standard InChI is InChI=1S/C21H30O6/c1-7-12(2)17(22)26-16-15-14(4)18(23)27-21(15,25-6)11-20(24)10-8-9-13(3)19(16,20)5/h7,13,16,24H,8-11H2,1-6H3/b12-7-/t13-,16+,19-,20-,21-/m0/s1. The summed E-state index contributed by atoms with van der Waals surface area (Å²) in [4.78, 5) is 25.1. The minimum atomic E-state index is -1.39. The fourth-order valence-electron chi connectivity index (χ4n) is 5.12. The molecule has 6 nitrogen and oxygen atoms in total. The molecular weight excluding hydrogens is 348 g/mol. The van der Waals surface area contributed by atoms with Crippen molar-refractivity contribution in [2.24, 2.45) is 11.3 Å². The summed E-state index contributed by atoms with van der Waals surface area (Å²) in [5.74, 6) is -2.25. The lowest BCUT2D eigenvalue weighted by atomic mass is 9.49. The van der Waals surface area contributed by atoms with Crippen LogP contribution in [-0.4, -0.2) is 41.6 Å². The highest BCUT2D eigenvalue weighted by Gasteiger charge is 2.71. The summed E-state index contributed by atoms with van der Waals surface area (Å²) < 4.78 is 17.3. The number of rotatable bonds is 3. The number of hydrogen-bond donors (Lipinski definition) is 1. The molecule has 6 heteroatoms. The van der Waals surface area contributed by atoms with Crippen molar-refractivity contribution in [3.05, 3.63) is 22.8 Å². The second kappa shape index (κ2) is 6.45. The zero-order valence-electron chi connectivity index (χ0n) is 17.0. The number of aliphatic hydroxyl groups is 1. The molecule has 1 N–H and O–H groups in total. The van der Waals surface area contributed by atoms with Crippen molar-refractivity contribution >= 4 is 11.9 Å². The van der Waals surface area contributed by atoms with Crippen LogP contribution in [0, 0.1) is 11.3 Å². The van der Waals surface area contributed by atoms with Crippen LogP contribution in [0.3, 0.4) is 0 Å². The number of carbonyl (C=O) groups excluding carboxylic acids is 2. The first kappa shape index (κ1) is 20.1. The molecule has 0 saturated heterocycles. The summed E-state index contributed by atoms with van der Waals surface area (Å²) in [6, 6.07) is 0. The lowest BCUT2D eigenvalue weighted by Crippen LogP contribution is -2.68. The van der Waals surface area contributed by atoms with Gasteiger partial charge in [-0.1, -0.05) is 26.3 Å². The summed E-state index contributed by atoms with van der Waals surface area (Å²) >= 11 is 0. The van der Waals surface area contributed by atoms with Crippen molar-refractivity contribution in [1.82, 2.24) is 0 Å².